The molecule has 12 heteroatoms. The molecule has 0 spiro atoms. The largest absolute Gasteiger partial charge is 0.358 e. The molecule has 0 aliphatic carbocycles. The molecular formula is C12H22N8O2S2. The van der Waals surface area contributed by atoms with Gasteiger partial charge in [0.15, 0.2) is 14.9 Å². The highest BCUT2D eigenvalue weighted by Gasteiger charge is 2.28. The molecule has 1 saturated heterocycles. The molecule has 2 rings (SSSR count). The fraction of sp³-hybridized carbons (Fsp3) is 0.667. The van der Waals surface area contributed by atoms with Gasteiger partial charge in [-0.15, -0.1) is 0 Å². The van der Waals surface area contributed by atoms with Gasteiger partial charge in [0.25, 0.3) is 0 Å². The van der Waals surface area contributed by atoms with Crippen molar-refractivity contribution < 1.29 is 8.42 Å². The zero-order chi connectivity index (χ0) is 17.6. The molecule has 0 bridgehead atoms. The van der Waals surface area contributed by atoms with Crippen LogP contribution in [0.25, 0.3) is 0 Å². The molecule has 2 heterocycles. The first-order valence-electron chi connectivity index (χ1n) is 7.68. The van der Waals surface area contributed by atoms with Crippen LogP contribution < -0.4 is 26.8 Å². The highest BCUT2D eigenvalue weighted by molar-refractivity contribution is 7.91. The average Bonchev–Trinajstić information content (AvgIpc) is 2.84. The van der Waals surface area contributed by atoms with E-state index in [9.17, 15) is 8.42 Å². The third kappa shape index (κ3) is 5.60. The smallest absolute Gasteiger partial charge is 0.248 e. The van der Waals surface area contributed by atoms with Gasteiger partial charge in [-0.2, -0.15) is 15.0 Å². The van der Waals surface area contributed by atoms with Crippen molar-refractivity contribution in [2.24, 2.45) is 0 Å². The van der Waals surface area contributed by atoms with Crippen LogP contribution in [0.5, 0.6) is 0 Å². The lowest BCUT2D eigenvalue weighted by Gasteiger charge is -2.16. The number of thiocarbonyl (C=S) groups is 1. The van der Waals surface area contributed by atoms with Gasteiger partial charge in [0.2, 0.25) is 17.8 Å². The number of sulfone groups is 1. The number of rotatable bonds is 7. The maximum Gasteiger partial charge on any atom is 0.248 e. The number of nitrogens with zero attached hydrogens (tertiary/aromatic N) is 3. The summed E-state index contributed by atoms with van der Waals surface area (Å²) in [5.41, 5.74) is 5.55. The van der Waals surface area contributed by atoms with Crippen molar-refractivity contribution in [1.82, 2.24) is 25.7 Å². The van der Waals surface area contributed by atoms with Crippen LogP contribution in [0.4, 0.5) is 17.8 Å². The van der Waals surface area contributed by atoms with E-state index >= 15 is 0 Å². The van der Waals surface area contributed by atoms with E-state index in [0.717, 1.165) is 0 Å². The monoisotopic (exact) mass is 374 g/mol. The van der Waals surface area contributed by atoms with E-state index in [1.165, 1.54) is 0 Å². The SMILES string of the molecule is CCNc1nc(NCC)nc(NNC(=S)NC2CCS(=O)(=O)C2)n1. The number of aromatic nitrogens is 3. The zero-order valence-corrected chi connectivity index (χ0v) is 15.2. The van der Waals surface area contributed by atoms with Crippen LogP contribution in [0.15, 0.2) is 0 Å². The molecular weight excluding hydrogens is 352 g/mol. The van der Waals surface area contributed by atoms with Crippen LogP contribution in [0.3, 0.4) is 0 Å². The van der Waals surface area contributed by atoms with Crippen molar-refractivity contribution in [3.05, 3.63) is 0 Å². The maximum absolute atomic E-state index is 11.4. The Labute approximate surface area is 146 Å². The zero-order valence-electron chi connectivity index (χ0n) is 13.6. The molecule has 5 N–H and O–H groups in total. The third-order valence-corrected chi connectivity index (χ3v) is 5.15. The van der Waals surface area contributed by atoms with Crippen LogP contribution in [0, 0.1) is 0 Å². The van der Waals surface area contributed by atoms with E-state index < -0.39 is 9.84 Å². The topological polar surface area (TPSA) is 133 Å². The van der Waals surface area contributed by atoms with Gasteiger partial charge in [-0.3, -0.25) is 10.9 Å². The quantitative estimate of drug-likeness (QED) is 0.318. The van der Waals surface area contributed by atoms with Crippen molar-refractivity contribution in [2.45, 2.75) is 26.3 Å². The Morgan fingerprint density at radius 3 is 2.21 bits per heavy atom. The van der Waals surface area contributed by atoms with Gasteiger partial charge < -0.3 is 16.0 Å². The Morgan fingerprint density at radius 1 is 1.12 bits per heavy atom. The Balaban J connectivity index is 1.91. The first-order chi connectivity index (χ1) is 11.4. The van der Waals surface area contributed by atoms with Crippen molar-refractivity contribution in [2.75, 3.05) is 40.7 Å². The first-order valence-corrected chi connectivity index (χ1v) is 9.91. The summed E-state index contributed by atoms with van der Waals surface area (Å²) < 4.78 is 22.9. The summed E-state index contributed by atoms with van der Waals surface area (Å²) in [6.07, 6.45) is 0.547. The molecule has 134 valence electrons. The lowest BCUT2D eigenvalue weighted by Crippen LogP contribution is -2.44. The van der Waals surface area contributed by atoms with Crippen molar-refractivity contribution in [3.8, 4) is 0 Å². The second kappa shape index (κ2) is 8.24. The van der Waals surface area contributed by atoms with E-state index in [0.29, 0.717) is 37.4 Å². The molecule has 1 aliphatic heterocycles. The summed E-state index contributed by atoms with van der Waals surface area (Å²) in [7, 11) is -2.95. The summed E-state index contributed by atoms with van der Waals surface area (Å²) in [5, 5.41) is 9.28. The summed E-state index contributed by atoms with van der Waals surface area (Å²) in [4.78, 5) is 12.6. The molecule has 1 fully saturated rings. The van der Waals surface area contributed by atoms with Gasteiger partial charge in [0, 0.05) is 19.1 Å². The van der Waals surface area contributed by atoms with Crippen molar-refractivity contribution in [3.63, 3.8) is 0 Å². The highest BCUT2D eigenvalue weighted by Crippen LogP contribution is 2.11. The molecule has 0 aromatic carbocycles. The summed E-state index contributed by atoms with van der Waals surface area (Å²) in [6.45, 7) is 5.24. The highest BCUT2D eigenvalue weighted by atomic mass is 32.2. The van der Waals surface area contributed by atoms with E-state index in [4.69, 9.17) is 12.2 Å². The number of hydrogen-bond acceptors (Lipinski definition) is 9. The third-order valence-electron chi connectivity index (χ3n) is 3.16. The Morgan fingerprint density at radius 2 is 1.71 bits per heavy atom. The number of nitrogens with one attached hydrogen (secondary N) is 5. The number of anilines is 3. The van der Waals surface area contributed by atoms with Crippen molar-refractivity contribution in [1.29, 1.82) is 0 Å². The van der Waals surface area contributed by atoms with Gasteiger partial charge in [0.05, 0.1) is 11.5 Å². The second-order valence-electron chi connectivity index (χ2n) is 5.19. The van der Waals surface area contributed by atoms with Gasteiger partial charge in [-0.25, -0.2) is 8.42 Å². The number of hydrogen-bond donors (Lipinski definition) is 5. The van der Waals surface area contributed by atoms with Crippen LogP contribution in [0.1, 0.15) is 20.3 Å². The second-order valence-corrected chi connectivity index (χ2v) is 7.83. The van der Waals surface area contributed by atoms with Gasteiger partial charge in [-0.1, -0.05) is 0 Å². The van der Waals surface area contributed by atoms with Crippen LogP contribution >= 0.6 is 12.2 Å². The molecule has 24 heavy (non-hydrogen) atoms. The minimum atomic E-state index is -2.95. The standard InChI is InChI=1S/C12H22N8O2S2/c1-3-13-9-16-10(14-4-2)18-11(17-9)19-20-12(23)15-8-5-6-24(21,22)7-8/h8H,3-7H2,1-2H3,(H2,15,20,23)(H3,13,14,16,17,18,19). The molecule has 1 aliphatic rings. The molecule has 1 atom stereocenters. The summed E-state index contributed by atoms with van der Waals surface area (Å²) in [5.74, 6) is 1.45. The predicted molar refractivity (Wildman–Crippen MR) is 97.7 cm³/mol. The molecule has 0 radical (unpaired) electrons. The lowest BCUT2D eigenvalue weighted by molar-refractivity contribution is 0.600. The fourth-order valence-electron chi connectivity index (χ4n) is 2.15. The first kappa shape index (κ1) is 18.4. The average molecular weight is 374 g/mol. The lowest BCUT2D eigenvalue weighted by atomic mass is 10.3. The number of hydrazine groups is 1. The fourth-order valence-corrected chi connectivity index (χ4v) is 4.04. The van der Waals surface area contributed by atoms with Gasteiger partial charge >= 0.3 is 0 Å². The van der Waals surface area contributed by atoms with Crippen LogP contribution in [-0.2, 0) is 9.84 Å². The van der Waals surface area contributed by atoms with Crippen LogP contribution in [-0.4, -0.2) is 59.1 Å². The van der Waals surface area contributed by atoms with Crippen molar-refractivity contribution >= 4 is 45.0 Å². The van der Waals surface area contributed by atoms with Crippen LogP contribution in [0.2, 0.25) is 0 Å². The Kier molecular flexibility index (Phi) is 6.31. The molecule has 0 amide bonds. The van der Waals surface area contributed by atoms with E-state index in [2.05, 4.69) is 41.8 Å². The minimum absolute atomic E-state index is 0.0930. The Hall–Kier alpha value is -1.95. The van der Waals surface area contributed by atoms with Gasteiger partial charge in [-0.05, 0) is 32.5 Å². The molecule has 1 aromatic rings. The molecule has 1 unspecified atom stereocenters. The predicted octanol–water partition coefficient (Wildman–Crippen LogP) is -0.287. The molecule has 0 saturated carbocycles. The summed E-state index contributed by atoms with van der Waals surface area (Å²) >= 11 is 5.15. The van der Waals surface area contributed by atoms with E-state index in [1.807, 2.05) is 13.8 Å². The van der Waals surface area contributed by atoms with E-state index in [1.54, 1.807) is 0 Å². The minimum Gasteiger partial charge on any atom is -0.358 e. The Bertz CT molecular complexity index is 657. The van der Waals surface area contributed by atoms with Gasteiger partial charge in [0.1, 0.15) is 0 Å². The molecule has 1 aromatic heterocycles. The maximum atomic E-state index is 11.4. The normalized spacial score (nSPS) is 18.7. The van der Waals surface area contributed by atoms with E-state index in [-0.39, 0.29) is 22.7 Å². The summed E-state index contributed by atoms with van der Waals surface area (Å²) in [6, 6.07) is -0.176. The molecule has 10 nitrogen and oxygen atoms in total.